The maximum atomic E-state index is 12.0. The largest absolute Gasteiger partial charge is 0.361 e. The zero-order chi connectivity index (χ0) is 12.4. The van der Waals surface area contributed by atoms with E-state index < -0.39 is 0 Å². The van der Waals surface area contributed by atoms with E-state index in [0.717, 1.165) is 16.6 Å². The van der Waals surface area contributed by atoms with E-state index >= 15 is 0 Å². The Morgan fingerprint density at radius 1 is 1.11 bits per heavy atom. The molecule has 1 amide bonds. The average molecular weight is 235 g/mol. The highest BCUT2D eigenvalue weighted by atomic mass is 16.1. The van der Waals surface area contributed by atoms with Crippen molar-refractivity contribution in [3.63, 3.8) is 0 Å². The second-order valence-electron chi connectivity index (χ2n) is 4.02. The van der Waals surface area contributed by atoms with Crippen molar-refractivity contribution in [3.05, 3.63) is 66.4 Å². The number of carbonyl (C=O) groups is 1. The summed E-state index contributed by atoms with van der Waals surface area (Å²) in [5.74, 6) is -0.112. The van der Waals surface area contributed by atoms with Crippen molar-refractivity contribution in [3.8, 4) is 0 Å². The first-order valence-corrected chi connectivity index (χ1v) is 5.67. The Balaban J connectivity index is 1.86. The number of anilines is 1. The SMILES string of the molecule is O=C(Nc1ccc2[nH]ccc2c1)c1cc[c]cc1. The minimum absolute atomic E-state index is 0.112. The van der Waals surface area contributed by atoms with Crippen LogP contribution in [0.4, 0.5) is 5.69 Å². The molecule has 0 aliphatic heterocycles. The molecule has 2 N–H and O–H groups in total. The first-order valence-electron chi connectivity index (χ1n) is 5.67. The van der Waals surface area contributed by atoms with E-state index in [1.54, 1.807) is 24.3 Å². The minimum Gasteiger partial charge on any atom is -0.361 e. The maximum Gasteiger partial charge on any atom is 0.255 e. The van der Waals surface area contributed by atoms with E-state index in [9.17, 15) is 4.79 Å². The van der Waals surface area contributed by atoms with Gasteiger partial charge in [-0.25, -0.2) is 0 Å². The number of fused-ring (bicyclic) bond motifs is 1. The van der Waals surface area contributed by atoms with E-state index in [0.29, 0.717) is 5.56 Å². The zero-order valence-corrected chi connectivity index (χ0v) is 9.60. The maximum absolute atomic E-state index is 12.0. The lowest BCUT2D eigenvalue weighted by Crippen LogP contribution is -2.11. The fourth-order valence-corrected chi connectivity index (χ4v) is 1.87. The van der Waals surface area contributed by atoms with Crippen molar-refractivity contribution in [1.29, 1.82) is 0 Å². The summed E-state index contributed by atoms with van der Waals surface area (Å²) in [7, 11) is 0. The van der Waals surface area contributed by atoms with E-state index in [2.05, 4.69) is 16.4 Å². The quantitative estimate of drug-likeness (QED) is 0.703. The van der Waals surface area contributed by atoms with Crippen molar-refractivity contribution in [2.75, 3.05) is 5.32 Å². The summed E-state index contributed by atoms with van der Waals surface area (Å²) in [5, 5.41) is 3.95. The van der Waals surface area contributed by atoms with E-state index in [-0.39, 0.29) is 5.91 Å². The van der Waals surface area contributed by atoms with E-state index in [4.69, 9.17) is 0 Å². The van der Waals surface area contributed by atoms with Gasteiger partial charge in [-0.2, -0.15) is 0 Å². The molecule has 0 spiro atoms. The predicted molar refractivity (Wildman–Crippen MR) is 71.5 cm³/mol. The number of carbonyl (C=O) groups excluding carboxylic acids is 1. The fourth-order valence-electron chi connectivity index (χ4n) is 1.87. The van der Waals surface area contributed by atoms with Crippen LogP contribution in [0, 0.1) is 6.07 Å². The summed E-state index contributed by atoms with van der Waals surface area (Å²) in [6.45, 7) is 0. The zero-order valence-electron chi connectivity index (χ0n) is 9.60. The van der Waals surface area contributed by atoms with Crippen molar-refractivity contribution >= 4 is 22.5 Å². The topological polar surface area (TPSA) is 44.9 Å². The van der Waals surface area contributed by atoms with Crippen molar-refractivity contribution in [2.45, 2.75) is 0 Å². The molecule has 3 nitrogen and oxygen atoms in total. The number of aromatic nitrogens is 1. The Labute approximate surface area is 104 Å². The number of hydrogen-bond acceptors (Lipinski definition) is 1. The number of benzene rings is 2. The first-order chi connectivity index (χ1) is 8.83. The van der Waals surface area contributed by atoms with Gasteiger partial charge in [0.05, 0.1) is 0 Å². The molecule has 1 aromatic heterocycles. The van der Waals surface area contributed by atoms with Gasteiger partial charge in [-0.3, -0.25) is 4.79 Å². The summed E-state index contributed by atoms with van der Waals surface area (Å²) in [6, 6.07) is 17.6. The third-order valence-electron chi connectivity index (χ3n) is 2.79. The molecule has 3 heteroatoms. The van der Waals surface area contributed by atoms with Crippen LogP contribution < -0.4 is 5.32 Å². The molecule has 0 atom stereocenters. The molecule has 0 saturated carbocycles. The van der Waals surface area contributed by atoms with Crippen LogP contribution in [0.1, 0.15) is 10.4 Å². The molecule has 0 fully saturated rings. The first kappa shape index (κ1) is 10.6. The summed E-state index contributed by atoms with van der Waals surface area (Å²) < 4.78 is 0. The molecule has 3 aromatic rings. The second-order valence-corrected chi connectivity index (χ2v) is 4.02. The van der Waals surface area contributed by atoms with Gasteiger partial charge in [-0.1, -0.05) is 12.1 Å². The Hall–Kier alpha value is -2.55. The standard InChI is InChI=1S/C15H11N2O/c18-15(11-4-2-1-3-5-11)17-13-6-7-14-12(10-13)8-9-16-14/h2-10,16H,(H,17,18). The molecule has 18 heavy (non-hydrogen) atoms. The molecule has 0 aliphatic rings. The Morgan fingerprint density at radius 3 is 2.78 bits per heavy atom. The fraction of sp³-hybridized carbons (Fsp3) is 0. The van der Waals surface area contributed by atoms with Crippen LogP contribution in [0.25, 0.3) is 10.9 Å². The number of nitrogens with one attached hydrogen (secondary N) is 2. The Kier molecular flexibility index (Phi) is 2.57. The molecule has 0 bridgehead atoms. The Morgan fingerprint density at radius 2 is 1.94 bits per heavy atom. The second kappa shape index (κ2) is 4.37. The molecular weight excluding hydrogens is 224 g/mol. The van der Waals surface area contributed by atoms with Crippen LogP contribution in [0.3, 0.4) is 0 Å². The lowest BCUT2D eigenvalue weighted by atomic mass is 10.2. The molecule has 1 heterocycles. The normalized spacial score (nSPS) is 10.4. The monoisotopic (exact) mass is 235 g/mol. The van der Waals surface area contributed by atoms with Gasteiger partial charge in [0, 0.05) is 28.4 Å². The van der Waals surface area contributed by atoms with Gasteiger partial charge in [0.1, 0.15) is 0 Å². The summed E-state index contributed by atoms with van der Waals surface area (Å²) in [5.41, 5.74) is 2.48. The van der Waals surface area contributed by atoms with Gasteiger partial charge in [0.2, 0.25) is 0 Å². The summed E-state index contributed by atoms with van der Waals surface area (Å²) in [6.07, 6.45) is 1.88. The molecule has 3 rings (SSSR count). The average Bonchev–Trinajstić information content (AvgIpc) is 2.87. The summed E-state index contributed by atoms with van der Waals surface area (Å²) >= 11 is 0. The van der Waals surface area contributed by atoms with Crippen molar-refractivity contribution in [1.82, 2.24) is 4.98 Å². The van der Waals surface area contributed by atoms with Crippen LogP contribution in [0.15, 0.2) is 54.7 Å². The minimum atomic E-state index is -0.112. The van der Waals surface area contributed by atoms with Crippen LogP contribution in [-0.4, -0.2) is 10.9 Å². The van der Waals surface area contributed by atoms with E-state index in [1.165, 1.54) is 0 Å². The van der Waals surface area contributed by atoms with Gasteiger partial charge >= 0.3 is 0 Å². The van der Waals surface area contributed by atoms with Gasteiger partial charge in [-0.15, -0.1) is 0 Å². The van der Waals surface area contributed by atoms with Crippen LogP contribution in [0.5, 0.6) is 0 Å². The molecule has 87 valence electrons. The van der Waals surface area contributed by atoms with Gasteiger partial charge in [0.15, 0.2) is 0 Å². The highest BCUT2D eigenvalue weighted by Gasteiger charge is 2.05. The third-order valence-corrected chi connectivity index (χ3v) is 2.79. The highest BCUT2D eigenvalue weighted by molar-refractivity contribution is 6.05. The molecule has 1 radical (unpaired) electrons. The smallest absolute Gasteiger partial charge is 0.255 e. The third kappa shape index (κ3) is 1.98. The highest BCUT2D eigenvalue weighted by Crippen LogP contribution is 2.18. The molecule has 0 aliphatic carbocycles. The lowest BCUT2D eigenvalue weighted by Gasteiger charge is -2.05. The van der Waals surface area contributed by atoms with Crippen molar-refractivity contribution < 1.29 is 4.79 Å². The predicted octanol–water partition coefficient (Wildman–Crippen LogP) is 3.22. The molecule has 2 aromatic carbocycles. The van der Waals surface area contributed by atoms with Crippen LogP contribution in [-0.2, 0) is 0 Å². The number of rotatable bonds is 2. The van der Waals surface area contributed by atoms with Crippen LogP contribution in [0.2, 0.25) is 0 Å². The Bertz CT molecular complexity index is 686. The number of aromatic amines is 1. The van der Waals surface area contributed by atoms with Crippen LogP contribution >= 0.6 is 0 Å². The van der Waals surface area contributed by atoms with Gasteiger partial charge < -0.3 is 10.3 Å². The number of amides is 1. The lowest BCUT2D eigenvalue weighted by molar-refractivity contribution is 0.102. The molecular formula is C15H11N2O. The van der Waals surface area contributed by atoms with E-state index in [1.807, 2.05) is 30.5 Å². The van der Waals surface area contributed by atoms with Crippen molar-refractivity contribution in [2.24, 2.45) is 0 Å². The summed E-state index contributed by atoms with van der Waals surface area (Å²) in [4.78, 5) is 15.1. The molecule has 0 saturated heterocycles. The van der Waals surface area contributed by atoms with Gasteiger partial charge in [0.25, 0.3) is 5.91 Å². The molecule has 0 unspecified atom stereocenters. The number of hydrogen-bond donors (Lipinski definition) is 2. The van der Waals surface area contributed by atoms with Gasteiger partial charge in [-0.05, 0) is 42.5 Å². The number of H-pyrrole nitrogens is 1.